The Morgan fingerprint density at radius 2 is 1.87 bits per heavy atom. The molecule has 1 N–H and O–H groups in total. The molecule has 2 aliphatic rings. The Morgan fingerprint density at radius 3 is 2.53 bits per heavy atom. The third-order valence-electron chi connectivity index (χ3n) is 4.28. The molecule has 2 heteroatoms. The maximum atomic E-state index is 9.47. The van der Waals surface area contributed by atoms with Gasteiger partial charge in [-0.2, -0.15) is 0 Å². The molecule has 0 unspecified atom stereocenters. The highest BCUT2D eigenvalue weighted by Crippen LogP contribution is 2.30. The summed E-state index contributed by atoms with van der Waals surface area (Å²) in [6, 6.07) is 1.24. The lowest BCUT2D eigenvalue weighted by molar-refractivity contribution is 0.0223. The molecule has 15 heavy (non-hydrogen) atoms. The molecule has 1 saturated carbocycles. The summed E-state index contributed by atoms with van der Waals surface area (Å²) < 4.78 is 0. The van der Waals surface area contributed by atoms with Crippen molar-refractivity contribution in [2.24, 2.45) is 5.92 Å². The Kier molecular flexibility index (Phi) is 4.04. The van der Waals surface area contributed by atoms with Crippen LogP contribution in [0, 0.1) is 5.92 Å². The zero-order valence-corrected chi connectivity index (χ0v) is 9.99. The van der Waals surface area contributed by atoms with Crippen molar-refractivity contribution in [2.75, 3.05) is 13.2 Å². The Balaban J connectivity index is 1.93. The number of piperidine rings is 1. The van der Waals surface area contributed by atoms with Gasteiger partial charge in [-0.15, -0.1) is 0 Å². The summed E-state index contributed by atoms with van der Waals surface area (Å²) >= 11 is 0. The molecular weight excluding hydrogens is 186 g/mol. The lowest BCUT2D eigenvalue weighted by Gasteiger charge is -2.44. The minimum atomic E-state index is 0.362. The van der Waals surface area contributed by atoms with Crippen LogP contribution in [0.2, 0.25) is 0 Å². The number of rotatable bonds is 2. The van der Waals surface area contributed by atoms with Crippen LogP contribution in [0.15, 0.2) is 0 Å². The van der Waals surface area contributed by atoms with Crippen molar-refractivity contribution in [2.45, 2.75) is 64.0 Å². The molecule has 1 heterocycles. The van der Waals surface area contributed by atoms with Crippen LogP contribution in [-0.4, -0.2) is 35.2 Å². The van der Waals surface area contributed by atoms with E-state index in [-0.39, 0.29) is 0 Å². The molecule has 0 aromatic carbocycles. The van der Waals surface area contributed by atoms with Crippen LogP contribution in [0.5, 0.6) is 0 Å². The van der Waals surface area contributed by atoms with E-state index in [1.54, 1.807) is 0 Å². The molecule has 2 fully saturated rings. The second-order valence-electron chi connectivity index (χ2n) is 5.50. The molecule has 0 radical (unpaired) electrons. The van der Waals surface area contributed by atoms with E-state index in [0.717, 1.165) is 12.0 Å². The van der Waals surface area contributed by atoms with Crippen molar-refractivity contribution in [1.82, 2.24) is 4.90 Å². The summed E-state index contributed by atoms with van der Waals surface area (Å²) in [6.07, 6.45) is 9.48. The molecule has 1 saturated heterocycles. The fourth-order valence-electron chi connectivity index (χ4n) is 3.34. The molecule has 88 valence electrons. The van der Waals surface area contributed by atoms with E-state index in [0.29, 0.717) is 12.6 Å². The first-order valence-corrected chi connectivity index (χ1v) is 6.68. The van der Waals surface area contributed by atoms with Gasteiger partial charge in [-0.05, 0) is 38.1 Å². The maximum absolute atomic E-state index is 9.47. The van der Waals surface area contributed by atoms with Crippen molar-refractivity contribution >= 4 is 0 Å². The van der Waals surface area contributed by atoms with E-state index in [9.17, 15) is 5.11 Å². The van der Waals surface area contributed by atoms with Gasteiger partial charge in [-0.3, -0.25) is 4.90 Å². The van der Waals surface area contributed by atoms with Gasteiger partial charge in [0.2, 0.25) is 0 Å². The fraction of sp³-hybridized carbons (Fsp3) is 1.00. The number of likely N-dealkylation sites (tertiary alicyclic amines) is 1. The first-order valence-electron chi connectivity index (χ1n) is 6.68. The highest BCUT2D eigenvalue weighted by atomic mass is 16.3. The normalized spacial score (nSPS) is 35.6. The first kappa shape index (κ1) is 11.4. The minimum absolute atomic E-state index is 0.362. The maximum Gasteiger partial charge on any atom is 0.0587 e. The standard InChI is InChI=1S/C13H25NO/c1-11-7-8-14(13(9-11)10-15)12-5-3-2-4-6-12/h11-13,15H,2-10H2,1H3/t11-,13+/m1/s1. The van der Waals surface area contributed by atoms with Crippen molar-refractivity contribution in [3.63, 3.8) is 0 Å². The van der Waals surface area contributed by atoms with Crippen molar-refractivity contribution < 1.29 is 5.11 Å². The molecule has 0 amide bonds. The van der Waals surface area contributed by atoms with Crippen LogP contribution in [0.1, 0.15) is 51.9 Å². The molecule has 0 aromatic rings. The Labute approximate surface area is 93.7 Å². The Hall–Kier alpha value is -0.0800. The van der Waals surface area contributed by atoms with Gasteiger partial charge in [0.05, 0.1) is 6.61 Å². The highest BCUT2D eigenvalue weighted by molar-refractivity contribution is 4.86. The topological polar surface area (TPSA) is 23.5 Å². The minimum Gasteiger partial charge on any atom is -0.395 e. The van der Waals surface area contributed by atoms with Crippen LogP contribution >= 0.6 is 0 Å². The van der Waals surface area contributed by atoms with Gasteiger partial charge in [0.1, 0.15) is 0 Å². The molecular formula is C13H25NO. The van der Waals surface area contributed by atoms with Crippen molar-refractivity contribution in [1.29, 1.82) is 0 Å². The average molecular weight is 211 g/mol. The lowest BCUT2D eigenvalue weighted by atomic mass is 9.87. The van der Waals surface area contributed by atoms with E-state index in [4.69, 9.17) is 0 Å². The second kappa shape index (κ2) is 5.31. The molecule has 2 nitrogen and oxygen atoms in total. The average Bonchev–Trinajstić information content (AvgIpc) is 2.30. The number of aliphatic hydroxyl groups excluding tert-OH is 1. The van der Waals surface area contributed by atoms with Crippen LogP contribution in [0.4, 0.5) is 0 Å². The van der Waals surface area contributed by atoms with Gasteiger partial charge in [0.15, 0.2) is 0 Å². The zero-order chi connectivity index (χ0) is 10.7. The van der Waals surface area contributed by atoms with Crippen molar-refractivity contribution in [3.05, 3.63) is 0 Å². The van der Waals surface area contributed by atoms with Gasteiger partial charge in [0, 0.05) is 12.1 Å². The predicted molar refractivity (Wildman–Crippen MR) is 62.9 cm³/mol. The molecule has 1 aliphatic carbocycles. The summed E-state index contributed by atoms with van der Waals surface area (Å²) in [5.41, 5.74) is 0. The van der Waals surface area contributed by atoms with Gasteiger partial charge >= 0.3 is 0 Å². The van der Waals surface area contributed by atoms with Gasteiger partial charge in [-0.1, -0.05) is 26.2 Å². The lowest BCUT2D eigenvalue weighted by Crippen LogP contribution is -2.50. The van der Waals surface area contributed by atoms with E-state index in [1.165, 1.54) is 51.5 Å². The zero-order valence-electron chi connectivity index (χ0n) is 9.99. The Morgan fingerprint density at radius 1 is 1.13 bits per heavy atom. The van der Waals surface area contributed by atoms with E-state index < -0.39 is 0 Å². The number of nitrogens with zero attached hydrogens (tertiary/aromatic N) is 1. The highest BCUT2D eigenvalue weighted by Gasteiger charge is 2.31. The largest absolute Gasteiger partial charge is 0.395 e. The van der Waals surface area contributed by atoms with Crippen LogP contribution in [0.25, 0.3) is 0 Å². The van der Waals surface area contributed by atoms with Gasteiger partial charge in [0.25, 0.3) is 0 Å². The van der Waals surface area contributed by atoms with E-state index in [1.807, 2.05) is 0 Å². The predicted octanol–water partition coefficient (Wildman–Crippen LogP) is 2.41. The van der Waals surface area contributed by atoms with Crippen molar-refractivity contribution in [3.8, 4) is 0 Å². The third kappa shape index (κ3) is 2.73. The smallest absolute Gasteiger partial charge is 0.0587 e. The summed E-state index contributed by atoms with van der Waals surface area (Å²) in [4.78, 5) is 2.61. The van der Waals surface area contributed by atoms with Crippen LogP contribution in [-0.2, 0) is 0 Å². The number of aliphatic hydroxyl groups is 1. The molecule has 2 rings (SSSR count). The SMILES string of the molecule is C[C@@H]1CCN(C2CCCCC2)[C@H](CO)C1. The molecule has 0 aromatic heterocycles. The quantitative estimate of drug-likeness (QED) is 0.758. The summed E-state index contributed by atoms with van der Waals surface area (Å²) in [6.45, 7) is 3.90. The number of hydrogen-bond donors (Lipinski definition) is 1. The number of hydrogen-bond acceptors (Lipinski definition) is 2. The van der Waals surface area contributed by atoms with E-state index in [2.05, 4.69) is 11.8 Å². The van der Waals surface area contributed by atoms with Crippen LogP contribution in [0.3, 0.4) is 0 Å². The monoisotopic (exact) mass is 211 g/mol. The molecule has 2 atom stereocenters. The van der Waals surface area contributed by atoms with Gasteiger partial charge in [-0.25, -0.2) is 0 Å². The van der Waals surface area contributed by atoms with E-state index >= 15 is 0 Å². The summed E-state index contributed by atoms with van der Waals surface area (Å²) in [5, 5.41) is 9.47. The summed E-state index contributed by atoms with van der Waals surface area (Å²) in [5.74, 6) is 0.807. The second-order valence-corrected chi connectivity index (χ2v) is 5.50. The van der Waals surface area contributed by atoms with Gasteiger partial charge < -0.3 is 5.11 Å². The summed E-state index contributed by atoms with van der Waals surface area (Å²) in [7, 11) is 0. The molecule has 0 bridgehead atoms. The Bertz CT molecular complexity index is 187. The third-order valence-corrected chi connectivity index (χ3v) is 4.28. The fourth-order valence-corrected chi connectivity index (χ4v) is 3.34. The first-order chi connectivity index (χ1) is 7.31. The molecule has 1 aliphatic heterocycles. The van der Waals surface area contributed by atoms with Crippen LogP contribution < -0.4 is 0 Å². The molecule has 0 spiro atoms.